The van der Waals surface area contributed by atoms with Gasteiger partial charge in [-0.05, 0) is 50.4 Å². The molecular weight excluding hydrogens is 502 g/mol. The smallest absolute Gasteiger partial charge is 0.365 e. The molecule has 38 heavy (non-hydrogen) atoms. The van der Waals surface area contributed by atoms with Crippen molar-refractivity contribution in [2.75, 3.05) is 17.3 Å². The highest BCUT2D eigenvalue weighted by atomic mass is 32.1. The van der Waals surface area contributed by atoms with E-state index in [4.69, 9.17) is 19.5 Å². The molecule has 2 saturated carbocycles. The van der Waals surface area contributed by atoms with Crippen LogP contribution in [0.2, 0.25) is 0 Å². The summed E-state index contributed by atoms with van der Waals surface area (Å²) in [7, 11) is 2.06. The molecule has 0 amide bonds. The lowest BCUT2D eigenvalue weighted by Gasteiger charge is -2.32. The third-order valence-corrected chi connectivity index (χ3v) is 9.01. The van der Waals surface area contributed by atoms with Crippen molar-refractivity contribution in [1.29, 1.82) is 0 Å². The number of hydrogen-bond donors (Lipinski definition) is 2. The van der Waals surface area contributed by atoms with E-state index >= 15 is 0 Å². The summed E-state index contributed by atoms with van der Waals surface area (Å²) in [5.41, 5.74) is 3.34. The maximum absolute atomic E-state index is 11.7. The first-order valence-electron chi connectivity index (χ1n) is 13.6. The number of thiazole rings is 1. The molecule has 1 unspecified atom stereocenters. The highest BCUT2D eigenvalue weighted by Gasteiger charge is 2.29. The number of fused-ring (bicyclic) bond motifs is 1. The second kappa shape index (κ2) is 10.5. The quantitative estimate of drug-likeness (QED) is 0.312. The minimum Gasteiger partial charge on any atom is -0.365 e. The Labute approximate surface area is 225 Å². The molecule has 202 valence electrons. The number of nitrogens with one attached hydrogen (secondary N) is 2. The molecule has 4 heterocycles. The van der Waals surface area contributed by atoms with Crippen LogP contribution in [0.25, 0.3) is 22.8 Å². The number of H-pyrrole nitrogens is 1. The van der Waals surface area contributed by atoms with Crippen molar-refractivity contribution in [3.63, 3.8) is 0 Å². The minimum atomic E-state index is -0.636. The number of imidazole rings is 1. The zero-order valence-electron chi connectivity index (χ0n) is 22.2. The molecule has 0 aromatic carbocycles. The van der Waals surface area contributed by atoms with Crippen molar-refractivity contribution in [3.8, 4) is 11.6 Å². The van der Waals surface area contributed by atoms with Crippen molar-refractivity contribution >= 4 is 34.3 Å². The predicted molar refractivity (Wildman–Crippen MR) is 147 cm³/mol. The topological polar surface area (TPSA) is 131 Å². The molecule has 12 heteroatoms. The summed E-state index contributed by atoms with van der Waals surface area (Å²) in [6, 6.07) is 0.253. The molecule has 2 fully saturated rings. The van der Waals surface area contributed by atoms with Gasteiger partial charge in [-0.2, -0.15) is 4.98 Å². The van der Waals surface area contributed by atoms with E-state index in [-0.39, 0.29) is 11.9 Å². The Morgan fingerprint density at radius 1 is 1.21 bits per heavy atom. The van der Waals surface area contributed by atoms with Crippen LogP contribution >= 0.6 is 11.3 Å². The maximum Gasteiger partial charge on any atom is 0.439 e. The fraction of sp³-hybridized carbons (Fsp3) is 0.615. The highest BCUT2D eigenvalue weighted by molar-refractivity contribution is 7.09. The number of aromatic nitrogens is 7. The molecule has 2 N–H and O–H groups in total. The van der Waals surface area contributed by atoms with Crippen molar-refractivity contribution < 1.29 is 4.52 Å². The zero-order valence-corrected chi connectivity index (χ0v) is 23.0. The lowest BCUT2D eigenvalue weighted by Crippen LogP contribution is -2.31. The average molecular weight is 538 g/mol. The van der Waals surface area contributed by atoms with E-state index in [2.05, 4.69) is 50.8 Å². The van der Waals surface area contributed by atoms with Crippen LogP contribution in [-0.4, -0.2) is 47.7 Å². The van der Waals surface area contributed by atoms with E-state index in [1.165, 1.54) is 49.8 Å². The molecule has 4 aromatic rings. The normalized spacial score (nSPS) is 20.9. The van der Waals surface area contributed by atoms with Gasteiger partial charge < -0.3 is 14.8 Å². The summed E-state index contributed by atoms with van der Waals surface area (Å²) < 4.78 is 7.06. The Balaban J connectivity index is 1.46. The Morgan fingerprint density at radius 3 is 2.68 bits per heavy atom. The Kier molecular flexibility index (Phi) is 6.89. The summed E-state index contributed by atoms with van der Waals surface area (Å²) in [6.07, 6.45) is 10.5. The van der Waals surface area contributed by atoms with Crippen molar-refractivity contribution in [1.82, 2.24) is 34.6 Å². The largest absolute Gasteiger partial charge is 0.439 e. The molecule has 0 saturated heterocycles. The predicted octanol–water partition coefficient (Wildman–Crippen LogP) is 4.69. The summed E-state index contributed by atoms with van der Waals surface area (Å²) >= 11 is 1.64. The van der Waals surface area contributed by atoms with Gasteiger partial charge in [0.25, 0.3) is 0 Å². The fourth-order valence-corrected chi connectivity index (χ4v) is 6.34. The van der Waals surface area contributed by atoms with Gasteiger partial charge in [0.15, 0.2) is 11.5 Å². The van der Waals surface area contributed by atoms with Gasteiger partial charge in [-0.15, -0.1) is 11.3 Å². The zero-order chi connectivity index (χ0) is 26.2. The van der Waals surface area contributed by atoms with Crippen LogP contribution in [0.4, 0.5) is 11.8 Å². The van der Waals surface area contributed by atoms with Crippen molar-refractivity contribution in [3.05, 3.63) is 27.1 Å². The van der Waals surface area contributed by atoms with Gasteiger partial charge in [-0.1, -0.05) is 31.3 Å². The Morgan fingerprint density at radius 2 is 2.03 bits per heavy atom. The van der Waals surface area contributed by atoms with Crippen LogP contribution < -0.4 is 16.0 Å². The molecule has 0 aliphatic heterocycles. The SMILES string of the molecule is CC1CCC(Cn2c(N(C)Cc3cncs3)nc3nc(-c4noc(=O)[nH]4)nc(NC(C)C4CCC4)c32)CC1. The molecule has 2 aliphatic rings. The third kappa shape index (κ3) is 5.05. The molecule has 2 aliphatic carbocycles. The second-order valence-corrected chi connectivity index (χ2v) is 12.1. The number of nitrogens with zero attached hydrogens (tertiary/aromatic N) is 7. The fourth-order valence-electron chi connectivity index (χ4n) is 5.69. The molecule has 4 aromatic heterocycles. The van der Waals surface area contributed by atoms with Gasteiger partial charge in [0, 0.05) is 30.7 Å². The van der Waals surface area contributed by atoms with Crippen LogP contribution in [0, 0.1) is 17.8 Å². The maximum atomic E-state index is 11.7. The molecular formula is C26H35N9O2S. The molecule has 0 spiro atoms. The van der Waals surface area contributed by atoms with Crippen molar-refractivity contribution in [2.24, 2.45) is 17.8 Å². The monoisotopic (exact) mass is 537 g/mol. The molecule has 0 bridgehead atoms. The van der Waals surface area contributed by atoms with E-state index in [0.717, 1.165) is 29.7 Å². The summed E-state index contributed by atoms with van der Waals surface area (Å²) in [6.45, 7) is 6.13. The van der Waals surface area contributed by atoms with E-state index < -0.39 is 5.76 Å². The highest BCUT2D eigenvalue weighted by Crippen LogP contribution is 2.36. The first-order chi connectivity index (χ1) is 18.4. The minimum absolute atomic E-state index is 0.201. The van der Waals surface area contributed by atoms with E-state index in [1.807, 2.05) is 11.7 Å². The average Bonchev–Trinajstić information content (AvgIpc) is 3.60. The second-order valence-electron chi connectivity index (χ2n) is 11.1. The molecule has 1 atom stereocenters. The van der Waals surface area contributed by atoms with Gasteiger partial charge in [0.1, 0.15) is 5.52 Å². The van der Waals surface area contributed by atoms with E-state index in [9.17, 15) is 4.79 Å². The van der Waals surface area contributed by atoms with E-state index in [0.29, 0.717) is 29.9 Å². The van der Waals surface area contributed by atoms with E-state index in [1.54, 1.807) is 11.3 Å². The Hall–Kier alpha value is -3.28. The third-order valence-electron chi connectivity index (χ3n) is 8.25. The van der Waals surface area contributed by atoms with Crippen LogP contribution in [-0.2, 0) is 13.1 Å². The molecule has 11 nitrogen and oxygen atoms in total. The van der Waals surface area contributed by atoms with Crippen LogP contribution in [0.3, 0.4) is 0 Å². The number of anilines is 2. The van der Waals surface area contributed by atoms with Gasteiger partial charge in [0.2, 0.25) is 17.6 Å². The van der Waals surface area contributed by atoms with Crippen molar-refractivity contribution in [2.45, 2.75) is 77.9 Å². The Bertz CT molecular complexity index is 1430. The van der Waals surface area contributed by atoms with Gasteiger partial charge >= 0.3 is 5.76 Å². The number of aromatic amines is 1. The lowest BCUT2D eigenvalue weighted by molar-refractivity contribution is 0.267. The first-order valence-corrected chi connectivity index (χ1v) is 14.5. The van der Waals surface area contributed by atoms with Crippen LogP contribution in [0.5, 0.6) is 0 Å². The lowest BCUT2D eigenvalue weighted by atomic mass is 9.80. The van der Waals surface area contributed by atoms with Crippen LogP contribution in [0.1, 0.15) is 63.7 Å². The standard InChI is InChI=1S/C26H35N9O2S/c1-15-7-9-17(10-8-15)12-35-20-21(28-16(2)18-5-4-6-18)29-23(24-32-26(36)37-33-24)30-22(20)31-25(35)34(3)13-19-11-27-14-38-19/h11,14-18H,4-10,12-13H2,1-3H3,(H,28,29,30)(H,32,33,36). The first kappa shape index (κ1) is 25.0. The summed E-state index contributed by atoms with van der Waals surface area (Å²) in [4.78, 5) is 36.5. The van der Waals surface area contributed by atoms with Gasteiger partial charge in [-0.3, -0.25) is 14.5 Å². The molecule has 6 rings (SSSR count). The number of hydrogen-bond acceptors (Lipinski definition) is 10. The number of rotatable bonds is 9. The molecule has 0 radical (unpaired) electrons. The van der Waals surface area contributed by atoms with Crippen LogP contribution in [0.15, 0.2) is 21.0 Å². The summed E-state index contributed by atoms with van der Waals surface area (Å²) in [5.74, 6) is 3.40. The van der Waals surface area contributed by atoms with Gasteiger partial charge in [-0.25, -0.2) is 14.8 Å². The summed E-state index contributed by atoms with van der Waals surface area (Å²) in [5, 5.41) is 7.54. The van der Waals surface area contributed by atoms with Gasteiger partial charge in [0.05, 0.1) is 12.1 Å².